The number of aryl methyl sites for hydroxylation is 2. The van der Waals surface area contributed by atoms with Gasteiger partial charge in [-0.25, -0.2) is 4.98 Å². The number of hydrogen-bond acceptors (Lipinski definition) is 6. The average molecular weight is 384 g/mol. The molecule has 2 N–H and O–H groups in total. The van der Waals surface area contributed by atoms with E-state index in [2.05, 4.69) is 20.5 Å². The van der Waals surface area contributed by atoms with Crippen molar-refractivity contribution in [2.24, 2.45) is 0 Å². The van der Waals surface area contributed by atoms with E-state index in [4.69, 9.17) is 0 Å². The molecule has 1 aromatic carbocycles. The molecule has 0 aliphatic heterocycles. The van der Waals surface area contributed by atoms with E-state index in [0.29, 0.717) is 16.5 Å². The van der Waals surface area contributed by atoms with Crippen LogP contribution in [0.3, 0.4) is 0 Å². The average Bonchev–Trinajstić information content (AvgIpc) is 3.28. The summed E-state index contributed by atoms with van der Waals surface area (Å²) in [6, 6.07) is 9.61. The molecule has 136 valence electrons. The fourth-order valence-corrected chi connectivity index (χ4v) is 3.50. The van der Waals surface area contributed by atoms with Gasteiger partial charge in [-0.15, -0.1) is 11.3 Å². The molecule has 0 aliphatic carbocycles. The summed E-state index contributed by atoms with van der Waals surface area (Å²) in [4.78, 5) is 27.8. The molecular weight excluding hydrogens is 370 g/mol. The first-order chi connectivity index (χ1) is 13.0. The number of hydrogen-bond donors (Lipinski definition) is 2. The van der Waals surface area contributed by atoms with E-state index in [1.165, 1.54) is 16.0 Å². The van der Waals surface area contributed by atoms with Crippen molar-refractivity contribution in [3.63, 3.8) is 0 Å². The fraction of sp³-hybridized carbons (Fsp3) is 0.125. The number of aromatic nitrogens is 5. The van der Waals surface area contributed by atoms with Crippen molar-refractivity contribution in [1.82, 2.24) is 19.8 Å². The number of carbonyl (C=O) groups is 1. The predicted octanol–water partition coefficient (Wildman–Crippen LogP) is 2.15. The Morgan fingerprint density at radius 1 is 1.33 bits per heavy atom. The number of fused-ring (bicyclic) bond motifs is 1. The topological polar surface area (TPSA) is 122 Å². The Labute approximate surface area is 156 Å². The zero-order chi connectivity index (χ0) is 19.1. The maximum atomic E-state index is 12.7. The van der Waals surface area contributed by atoms with Crippen LogP contribution in [-0.4, -0.2) is 30.6 Å². The van der Waals surface area contributed by atoms with Crippen molar-refractivity contribution in [3.8, 4) is 11.3 Å². The summed E-state index contributed by atoms with van der Waals surface area (Å²) in [6.45, 7) is 3.16. The normalized spacial score (nSPS) is 11.0. The van der Waals surface area contributed by atoms with Gasteiger partial charge in [-0.3, -0.25) is 10.1 Å². The summed E-state index contributed by atoms with van der Waals surface area (Å²) < 4.78 is 2.32. The van der Waals surface area contributed by atoms with Crippen LogP contribution in [0.4, 0.5) is 10.9 Å². The number of thiazole rings is 1. The van der Waals surface area contributed by atoms with Gasteiger partial charge in [0.1, 0.15) is 5.10 Å². The highest BCUT2D eigenvalue weighted by molar-refractivity contribution is 7.14. The highest BCUT2D eigenvalue weighted by Crippen LogP contribution is 2.25. The highest BCUT2D eigenvalue weighted by atomic mass is 32.1. The molecule has 0 fully saturated rings. The Morgan fingerprint density at radius 2 is 2.07 bits per heavy atom. The molecule has 4 aromatic rings. The van der Waals surface area contributed by atoms with E-state index in [1.54, 1.807) is 13.8 Å². The van der Waals surface area contributed by atoms with Gasteiger partial charge in [-0.2, -0.15) is 5.10 Å². The molecule has 0 bridgehead atoms. The van der Waals surface area contributed by atoms with E-state index in [-0.39, 0.29) is 11.5 Å². The molecule has 27 heavy (non-hydrogen) atoms. The minimum atomic E-state index is -0.549. The molecule has 0 unspecified atom stereocenters. The first-order valence-electron chi connectivity index (χ1n) is 7.92. The molecule has 0 aliphatic rings. The second-order valence-corrected chi connectivity index (χ2v) is 6.67. The second kappa shape index (κ2) is 6.29. The Balaban J connectivity index is 1.66. The van der Waals surface area contributed by atoms with Crippen LogP contribution in [-0.2, 0) is 0 Å². The lowest BCUT2D eigenvalue weighted by atomic mass is 10.2. The number of benzene rings is 1. The number of nitrogens with zero attached hydrogens (tertiary/aromatic N) is 5. The second-order valence-electron chi connectivity index (χ2n) is 5.81. The first kappa shape index (κ1) is 16.8. The van der Waals surface area contributed by atoms with Crippen LogP contribution < -0.4 is 9.95 Å². The molecule has 0 spiro atoms. The number of amides is 1. The number of rotatable bonds is 4. The lowest BCUT2D eigenvalue weighted by molar-refractivity contribution is -0.682. The van der Waals surface area contributed by atoms with Crippen LogP contribution >= 0.6 is 11.3 Å². The summed E-state index contributed by atoms with van der Waals surface area (Å²) in [5.74, 6) is -0.685. The molecular formula is C16H14N7O3S+. The van der Waals surface area contributed by atoms with Crippen molar-refractivity contribution in [3.05, 3.63) is 62.9 Å². The number of carbonyl (C=O) groups excluding carboxylic acids is 1. The van der Waals surface area contributed by atoms with E-state index in [9.17, 15) is 14.9 Å². The van der Waals surface area contributed by atoms with Crippen molar-refractivity contribution >= 4 is 28.2 Å². The SMILES string of the molecule is Cc1nn2c([N+](=O)[O-])c(C)[nH][n+]2c1C(=O)Nc1nc(-c2ccccc2)cs1. The number of nitro groups is 1. The van der Waals surface area contributed by atoms with Gasteiger partial charge in [0, 0.05) is 22.5 Å². The molecule has 3 aromatic heterocycles. The summed E-state index contributed by atoms with van der Waals surface area (Å²) in [7, 11) is 0. The first-order valence-corrected chi connectivity index (χ1v) is 8.80. The summed E-state index contributed by atoms with van der Waals surface area (Å²) >= 11 is 1.30. The van der Waals surface area contributed by atoms with E-state index < -0.39 is 10.8 Å². The number of nitrogens with one attached hydrogen (secondary N) is 2. The van der Waals surface area contributed by atoms with Gasteiger partial charge >= 0.3 is 17.4 Å². The third-order valence-electron chi connectivity index (χ3n) is 3.97. The molecule has 10 nitrogen and oxygen atoms in total. The number of aromatic amines is 1. The minimum Gasteiger partial charge on any atom is -0.358 e. The third kappa shape index (κ3) is 2.83. The summed E-state index contributed by atoms with van der Waals surface area (Å²) in [6.07, 6.45) is 0. The Bertz CT molecular complexity index is 1180. The van der Waals surface area contributed by atoms with Gasteiger partial charge < -0.3 is 10.1 Å². The van der Waals surface area contributed by atoms with Crippen molar-refractivity contribution < 1.29 is 14.3 Å². The summed E-state index contributed by atoms with van der Waals surface area (Å²) in [5, 5.41) is 23.1. The zero-order valence-corrected chi connectivity index (χ0v) is 15.1. The third-order valence-corrected chi connectivity index (χ3v) is 4.73. The van der Waals surface area contributed by atoms with Crippen molar-refractivity contribution in [1.29, 1.82) is 0 Å². The Kier molecular flexibility index (Phi) is 3.92. The molecule has 0 atom stereocenters. The van der Waals surface area contributed by atoms with Crippen molar-refractivity contribution in [2.45, 2.75) is 13.8 Å². The van der Waals surface area contributed by atoms with Crippen LogP contribution in [0.5, 0.6) is 0 Å². The van der Waals surface area contributed by atoms with Crippen LogP contribution in [0.15, 0.2) is 35.7 Å². The van der Waals surface area contributed by atoms with Gasteiger partial charge in [0.05, 0.1) is 5.69 Å². The maximum Gasteiger partial charge on any atom is 0.436 e. The number of H-pyrrole nitrogens is 1. The van der Waals surface area contributed by atoms with Crippen molar-refractivity contribution in [2.75, 3.05) is 5.32 Å². The van der Waals surface area contributed by atoms with Crippen LogP contribution in [0.25, 0.3) is 11.3 Å². The molecule has 11 heteroatoms. The fourth-order valence-electron chi connectivity index (χ4n) is 2.79. The molecule has 0 saturated carbocycles. The smallest absolute Gasteiger partial charge is 0.358 e. The minimum absolute atomic E-state index is 0.169. The predicted molar refractivity (Wildman–Crippen MR) is 96.8 cm³/mol. The van der Waals surface area contributed by atoms with Gasteiger partial charge in [-0.05, 0) is 11.8 Å². The van der Waals surface area contributed by atoms with Crippen LogP contribution in [0, 0.1) is 24.0 Å². The van der Waals surface area contributed by atoms with Gasteiger partial charge in [0.15, 0.2) is 15.5 Å². The number of anilines is 1. The molecule has 4 rings (SSSR count). The molecule has 1 amide bonds. The van der Waals surface area contributed by atoms with Gasteiger partial charge in [-0.1, -0.05) is 30.3 Å². The van der Waals surface area contributed by atoms with Crippen LogP contribution in [0.1, 0.15) is 21.9 Å². The highest BCUT2D eigenvalue weighted by Gasteiger charge is 2.37. The van der Waals surface area contributed by atoms with Gasteiger partial charge in [0.2, 0.25) is 0 Å². The van der Waals surface area contributed by atoms with Crippen LogP contribution in [0.2, 0.25) is 0 Å². The lowest BCUT2D eigenvalue weighted by Gasteiger charge is -1.97. The van der Waals surface area contributed by atoms with E-state index in [1.807, 2.05) is 35.7 Å². The largest absolute Gasteiger partial charge is 0.436 e. The molecule has 0 saturated heterocycles. The zero-order valence-electron chi connectivity index (χ0n) is 14.3. The Hall–Kier alpha value is -3.60. The van der Waals surface area contributed by atoms with Gasteiger partial charge in [0.25, 0.3) is 5.69 Å². The lowest BCUT2D eigenvalue weighted by Crippen LogP contribution is -2.37. The standard InChI is InChI=1S/C16H13N7O3S/c1-9-13(21-20-10(2)15(23(25)26)22(21)19-9)14(24)18-16-17-12(8-27-16)11-6-4-3-5-7-11/h3-8H,1-2H3,(H-,17,18,19,20,24)/p+1. The van der Waals surface area contributed by atoms with E-state index >= 15 is 0 Å². The molecule has 3 heterocycles. The molecule has 0 radical (unpaired) electrons. The van der Waals surface area contributed by atoms with E-state index in [0.717, 1.165) is 15.9 Å². The Morgan fingerprint density at radius 3 is 2.78 bits per heavy atom. The summed E-state index contributed by atoms with van der Waals surface area (Å²) in [5.41, 5.74) is 2.52. The quantitative estimate of drug-likeness (QED) is 0.317. The maximum absolute atomic E-state index is 12.7. The monoisotopic (exact) mass is 384 g/mol.